The van der Waals surface area contributed by atoms with Crippen molar-refractivity contribution in [2.75, 3.05) is 18.9 Å². The molecule has 20 heavy (non-hydrogen) atoms. The highest BCUT2D eigenvalue weighted by atomic mass is 16.5. The molecule has 1 atom stereocenters. The van der Waals surface area contributed by atoms with Crippen LogP contribution in [0.1, 0.15) is 13.0 Å². The van der Waals surface area contributed by atoms with Crippen molar-refractivity contribution in [3.05, 3.63) is 42.7 Å². The van der Waals surface area contributed by atoms with Gasteiger partial charge in [-0.25, -0.2) is 0 Å². The highest BCUT2D eigenvalue weighted by molar-refractivity contribution is 5.79. The van der Waals surface area contributed by atoms with Crippen LogP contribution in [0.3, 0.4) is 0 Å². The third-order valence-corrected chi connectivity index (χ3v) is 2.85. The maximum absolute atomic E-state index is 11.9. The molecular weight excluding hydrogens is 256 g/mol. The summed E-state index contributed by atoms with van der Waals surface area (Å²) in [5.74, 6) is 0.642. The number of nitrogens with zero attached hydrogens (tertiary/aromatic N) is 2. The molecule has 0 bridgehead atoms. The number of ether oxygens (including phenoxy) is 1. The fraction of sp³-hybridized carbons (Fsp3) is 0.286. The molecule has 1 amide bonds. The van der Waals surface area contributed by atoms with E-state index in [2.05, 4.69) is 10.4 Å². The van der Waals surface area contributed by atoms with Crippen molar-refractivity contribution in [2.24, 2.45) is 0 Å². The van der Waals surface area contributed by atoms with E-state index in [0.717, 1.165) is 5.75 Å². The maximum Gasteiger partial charge on any atom is 0.244 e. The minimum Gasteiger partial charge on any atom is -0.492 e. The molecule has 0 aliphatic carbocycles. The quantitative estimate of drug-likeness (QED) is 0.613. The van der Waals surface area contributed by atoms with Crippen LogP contribution < -0.4 is 15.8 Å². The van der Waals surface area contributed by atoms with Gasteiger partial charge in [0, 0.05) is 18.1 Å². The van der Waals surface area contributed by atoms with E-state index in [-0.39, 0.29) is 11.9 Å². The van der Waals surface area contributed by atoms with Gasteiger partial charge in [0.2, 0.25) is 5.91 Å². The van der Waals surface area contributed by atoms with Gasteiger partial charge in [0.05, 0.1) is 6.54 Å². The highest BCUT2D eigenvalue weighted by Gasteiger charge is 2.13. The Labute approximate surface area is 117 Å². The van der Waals surface area contributed by atoms with Crippen molar-refractivity contribution >= 4 is 11.6 Å². The van der Waals surface area contributed by atoms with E-state index < -0.39 is 0 Å². The first-order valence-electron chi connectivity index (χ1n) is 6.42. The second-order valence-electron chi connectivity index (χ2n) is 4.37. The number of benzene rings is 1. The molecule has 3 N–H and O–H groups in total. The van der Waals surface area contributed by atoms with E-state index >= 15 is 0 Å². The Hall–Kier alpha value is -2.50. The summed E-state index contributed by atoms with van der Waals surface area (Å²) >= 11 is 0. The van der Waals surface area contributed by atoms with Crippen LogP contribution in [0.5, 0.6) is 5.75 Å². The number of nitrogen functional groups attached to an aromatic ring is 1. The van der Waals surface area contributed by atoms with E-state index in [1.54, 1.807) is 54.3 Å². The number of nitrogens with two attached hydrogens (primary N) is 1. The highest BCUT2D eigenvalue weighted by Crippen LogP contribution is 2.12. The van der Waals surface area contributed by atoms with Gasteiger partial charge in [0.25, 0.3) is 0 Å². The van der Waals surface area contributed by atoms with E-state index in [4.69, 9.17) is 10.5 Å². The molecular formula is C14H18N4O2. The number of carbonyl (C=O) groups is 1. The van der Waals surface area contributed by atoms with Gasteiger partial charge >= 0.3 is 0 Å². The van der Waals surface area contributed by atoms with Crippen molar-refractivity contribution in [2.45, 2.75) is 13.0 Å². The number of hydrogen-bond acceptors (Lipinski definition) is 4. The van der Waals surface area contributed by atoms with E-state index in [9.17, 15) is 4.79 Å². The molecule has 0 saturated heterocycles. The maximum atomic E-state index is 11.9. The lowest BCUT2D eigenvalue weighted by Crippen LogP contribution is -2.34. The summed E-state index contributed by atoms with van der Waals surface area (Å²) in [5, 5.41) is 6.84. The number of rotatable bonds is 6. The van der Waals surface area contributed by atoms with Gasteiger partial charge < -0.3 is 15.8 Å². The first-order chi connectivity index (χ1) is 9.66. The summed E-state index contributed by atoms with van der Waals surface area (Å²) in [7, 11) is 0. The van der Waals surface area contributed by atoms with Gasteiger partial charge in [0.15, 0.2) is 0 Å². The molecule has 0 saturated carbocycles. The summed E-state index contributed by atoms with van der Waals surface area (Å²) in [6.45, 7) is 2.64. The fourth-order valence-electron chi connectivity index (χ4n) is 1.68. The second-order valence-corrected chi connectivity index (χ2v) is 4.37. The molecule has 0 aliphatic rings. The van der Waals surface area contributed by atoms with Crippen molar-refractivity contribution in [1.82, 2.24) is 15.1 Å². The number of hydrogen-bond donors (Lipinski definition) is 2. The van der Waals surface area contributed by atoms with Crippen LogP contribution in [0.25, 0.3) is 0 Å². The zero-order valence-electron chi connectivity index (χ0n) is 11.3. The Morgan fingerprint density at radius 2 is 2.20 bits per heavy atom. The van der Waals surface area contributed by atoms with Gasteiger partial charge in [-0.05, 0) is 37.3 Å². The number of aromatic nitrogens is 2. The summed E-state index contributed by atoms with van der Waals surface area (Å²) in [5.41, 5.74) is 6.27. The Morgan fingerprint density at radius 1 is 1.45 bits per heavy atom. The second kappa shape index (κ2) is 6.60. The van der Waals surface area contributed by atoms with Crippen LogP contribution in [0.2, 0.25) is 0 Å². The molecule has 6 nitrogen and oxygen atoms in total. The van der Waals surface area contributed by atoms with Crippen LogP contribution in [-0.2, 0) is 4.79 Å². The fourth-order valence-corrected chi connectivity index (χ4v) is 1.68. The first kappa shape index (κ1) is 13.9. The molecule has 0 aliphatic heterocycles. The van der Waals surface area contributed by atoms with Crippen LogP contribution in [0.4, 0.5) is 5.69 Å². The first-order valence-corrected chi connectivity index (χ1v) is 6.42. The summed E-state index contributed by atoms with van der Waals surface area (Å²) in [6.07, 6.45) is 3.41. The van der Waals surface area contributed by atoms with Crippen LogP contribution >= 0.6 is 0 Å². The predicted molar refractivity (Wildman–Crippen MR) is 76.3 cm³/mol. The van der Waals surface area contributed by atoms with Crippen molar-refractivity contribution in [3.8, 4) is 5.75 Å². The normalized spacial score (nSPS) is 11.8. The van der Waals surface area contributed by atoms with Crippen molar-refractivity contribution in [1.29, 1.82) is 0 Å². The van der Waals surface area contributed by atoms with Crippen LogP contribution in [-0.4, -0.2) is 28.8 Å². The lowest BCUT2D eigenvalue weighted by Gasteiger charge is -2.13. The molecule has 1 unspecified atom stereocenters. The summed E-state index contributed by atoms with van der Waals surface area (Å²) < 4.78 is 7.10. The zero-order chi connectivity index (χ0) is 14.4. The third-order valence-electron chi connectivity index (χ3n) is 2.85. The Morgan fingerprint density at radius 3 is 2.85 bits per heavy atom. The standard InChI is InChI=1S/C14H18N4O2/c1-11(18-9-2-7-17-18)14(19)16-8-10-20-13-5-3-12(15)4-6-13/h2-7,9,11H,8,10,15H2,1H3,(H,16,19). The van der Waals surface area contributed by atoms with E-state index in [0.29, 0.717) is 18.8 Å². The van der Waals surface area contributed by atoms with Gasteiger partial charge in [-0.15, -0.1) is 0 Å². The number of anilines is 1. The van der Waals surface area contributed by atoms with E-state index in [1.165, 1.54) is 0 Å². The largest absolute Gasteiger partial charge is 0.492 e. The van der Waals surface area contributed by atoms with Crippen LogP contribution in [0, 0.1) is 0 Å². The lowest BCUT2D eigenvalue weighted by molar-refractivity contribution is -0.124. The average Bonchev–Trinajstić information content (AvgIpc) is 2.98. The monoisotopic (exact) mass is 274 g/mol. The SMILES string of the molecule is CC(C(=O)NCCOc1ccc(N)cc1)n1cccn1. The van der Waals surface area contributed by atoms with Crippen molar-refractivity contribution in [3.63, 3.8) is 0 Å². The molecule has 1 heterocycles. The predicted octanol–water partition coefficient (Wildman–Crippen LogP) is 1.22. The minimum atomic E-state index is -0.332. The number of carbonyl (C=O) groups excluding carboxylic acids is 1. The van der Waals surface area contributed by atoms with Gasteiger partial charge in [0.1, 0.15) is 18.4 Å². The molecule has 106 valence electrons. The topological polar surface area (TPSA) is 82.2 Å². The van der Waals surface area contributed by atoms with Crippen molar-refractivity contribution < 1.29 is 9.53 Å². The number of nitrogens with one attached hydrogen (secondary N) is 1. The average molecular weight is 274 g/mol. The molecule has 1 aromatic carbocycles. The van der Waals surface area contributed by atoms with E-state index in [1.807, 2.05) is 0 Å². The summed E-state index contributed by atoms with van der Waals surface area (Å²) in [4.78, 5) is 11.9. The molecule has 2 aromatic rings. The zero-order valence-corrected chi connectivity index (χ0v) is 11.3. The van der Waals surface area contributed by atoms with Gasteiger partial charge in [-0.1, -0.05) is 0 Å². The molecule has 0 radical (unpaired) electrons. The smallest absolute Gasteiger partial charge is 0.244 e. The number of amides is 1. The van der Waals surface area contributed by atoms with Gasteiger partial charge in [-0.3, -0.25) is 9.48 Å². The van der Waals surface area contributed by atoms with Gasteiger partial charge in [-0.2, -0.15) is 5.10 Å². The molecule has 0 spiro atoms. The van der Waals surface area contributed by atoms with Crippen LogP contribution in [0.15, 0.2) is 42.7 Å². The Bertz CT molecular complexity index is 537. The lowest BCUT2D eigenvalue weighted by atomic mass is 10.3. The molecule has 2 rings (SSSR count). The Kier molecular flexibility index (Phi) is 4.60. The summed E-state index contributed by atoms with van der Waals surface area (Å²) in [6, 6.07) is 8.59. The third kappa shape index (κ3) is 3.74. The Balaban J connectivity index is 1.70. The molecule has 6 heteroatoms. The molecule has 0 fully saturated rings. The minimum absolute atomic E-state index is 0.0883. The molecule has 1 aromatic heterocycles.